The SMILES string of the molecule is O=C(O)N1CCc2ccccc2C1c1ccoc1. The van der Waals surface area contributed by atoms with Gasteiger partial charge in [0, 0.05) is 12.1 Å². The van der Waals surface area contributed by atoms with Crippen molar-refractivity contribution < 1.29 is 14.3 Å². The molecule has 0 spiro atoms. The van der Waals surface area contributed by atoms with Crippen LogP contribution in [-0.2, 0) is 6.42 Å². The highest BCUT2D eigenvalue weighted by atomic mass is 16.4. The number of carbonyl (C=O) groups is 1. The lowest BCUT2D eigenvalue weighted by atomic mass is 9.90. The van der Waals surface area contributed by atoms with E-state index >= 15 is 0 Å². The molecule has 1 aromatic heterocycles. The minimum atomic E-state index is -0.893. The molecular formula is C14H13NO3. The zero-order chi connectivity index (χ0) is 12.5. The van der Waals surface area contributed by atoms with Crippen molar-refractivity contribution in [2.24, 2.45) is 0 Å². The quantitative estimate of drug-likeness (QED) is 0.837. The summed E-state index contributed by atoms with van der Waals surface area (Å²) in [7, 11) is 0. The lowest BCUT2D eigenvalue weighted by molar-refractivity contribution is 0.129. The Kier molecular flexibility index (Phi) is 2.55. The Balaban J connectivity index is 2.12. The van der Waals surface area contributed by atoms with Gasteiger partial charge in [-0.1, -0.05) is 24.3 Å². The van der Waals surface area contributed by atoms with Crippen molar-refractivity contribution in [3.05, 3.63) is 59.5 Å². The molecular weight excluding hydrogens is 230 g/mol. The summed E-state index contributed by atoms with van der Waals surface area (Å²) >= 11 is 0. The summed E-state index contributed by atoms with van der Waals surface area (Å²) in [5.74, 6) is 0. The topological polar surface area (TPSA) is 53.7 Å². The van der Waals surface area contributed by atoms with E-state index in [9.17, 15) is 9.90 Å². The second kappa shape index (κ2) is 4.22. The molecule has 0 radical (unpaired) electrons. The number of furan rings is 1. The molecule has 2 heterocycles. The Hall–Kier alpha value is -2.23. The molecule has 0 saturated carbocycles. The number of fused-ring (bicyclic) bond motifs is 1. The summed E-state index contributed by atoms with van der Waals surface area (Å²) < 4.78 is 5.09. The fourth-order valence-electron chi connectivity index (χ4n) is 2.56. The summed E-state index contributed by atoms with van der Waals surface area (Å²) in [5.41, 5.74) is 3.14. The van der Waals surface area contributed by atoms with Gasteiger partial charge in [-0.25, -0.2) is 4.79 Å². The molecule has 0 saturated heterocycles. The number of rotatable bonds is 1. The maximum Gasteiger partial charge on any atom is 0.408 e. The third kappa shape index (κ3) is 1.66. The molecule has 4 heteroatoms. The number of benzene rings is 1. The third-order valence-electron chi connectivity index (χ3n) is 3.39. The van der Waals surface area contributed by atoms with Crippen LogP contribution >= 0.6 is 0 Å². The van der Waals surface area contributed by atoms with Gasteiger partial charge in [0.2, 0.25) is 0 Å². The summed E-state index contributed by atoms with van der Waals surface area (Å²) in [6.07, 6.45) is 3.06. The highest BCUT2D eigenvalue weighted by Crippen LogP contribution is 2.35. The molecule has 1 unspecified atom stereocenters. The molecule has 1 N–H and O–H groups in total. The Labute approximate surface area is 104 Å². The van der Waals surface area contributed by atoms with Gasteiger partial charge in [-0.05, 0) is 23.6 Å². The van der Waals surface area contributed by atoms with Crippen LogP contribution in [0, 0.1) is 0 Å². The van der Waals surface area contributed by atoms with E-state index in [2.05, 4.69) is 6.07 Å². The minimum absolute atomic E-state index is 0.258. The van der Waals surface area contributed by atoms with Crippen LogP contribution in [0.1, 0.15) is 22.7 Å². The fraction of sp³-hybridized carbons (Fsp3) is 0.214. The maximum atomic E-state index is 11.4. The molecule has 3 rings (SSSR count). The van der Waals surface area contributed by atoms with E-state index < -0.39 is 6.09 Å². The highest BCUT2D eigenvalue weighted by molar-refractivity contribution is 5.67. The summed E-state index contributed by atoms with van der Waals surface area (Å²) in [6.45, 7) is 0.516. The molecule has 0 bridgehead atoms. The molecule has 1 aliphatic heterocycles. The van der Waals surface area contributed by atoms with Crippen molar-refractivity contribution in [2.45, 2.75) is 12.5 Å². The predicted molar refractivity (Wildman–Crippen MR) is 65.4 cm³/mol. The second-order valence-corrected chi connectivity index (χ2v) is 4.38. The summed E-state index contributed by atoms with van der Waals surface area (Å²) in [5, 5.41) is 9.33. The van der Waals surface area contributed by atoms with E-state index in [0.29, 0.717) is 6.54 Å². The average molecular weight is 243 g/mol. The Bertz CT molecular complexity index is 562. The normalized spacial score (nSPS) is 18.4. The Morgan fingerprint density at radius 2 is 2.17 bits per heavy atom. The van der Waals surface area contributed by atoms with Gasteiger partial charge in [-0.3, -0.25) is 4.90 Å². The van der Waals surface area contributed by atoms with Crippen LogP contribution in [0.3, 0.4) is 0 Å². The van der Waals surface area contributed by atoms with Crippen LogP contribution in [0.25, 0.3) is 0 Å². The van der Waals surface area contributed by atoms with Crippen LogP contribution in [0.5, 0.6) is 0 Å². The number of nitrogens with zero attached hydrogens (tertiary/aromatic N) is 1. The molecule has 0 fully saturated rings. The molecule has 1 atom stereocenters. The van der Waals surface area contributed by atoms with Crippen LogP contribution in [0.4, 0.5) is 4.79 Å². The van der Waals surface area contributed by atoms with Gasteiger partial charge in [0.15, 0.2) is 0 Å². The molecule has 1 aliphatic rings. The Morgan fingerprint density at radius 3 is 2.89 bits per heavy atom. The van der Waals surface area contributed by atoms with E-state index in [1.165, 1.54) is 10.5 Å². The van der Waals surface area contributed by atoms with Crippen LogP contribution in [-0.4, -0.2) is 22.6 Å². The van der Waals surface area contributed by atoms with E-state index in [1.54, 1.807) is 12.5 Å². The highest BCUT2D eigenvalue weighted by Gasteiger charge is 2.32. The number of amides is 1. The van der Waals surface area contributed by atoms with Crippen LogP contribution < -0.4 is 0 Å². The summed E-state index contributed by atoms with van der Waals surface area (Å²) in [4.78, 5) is 12.8. The smallest absolute Gasteiger partial charge is 0.408 e. The van der Waals surface area contributed by atoms with Gasteiger partial charge in [0.25, 0.3) is 0 Å². The second-order valence-electron chi connectivity index (χ2n) is 4.38. The molecule has 4 nitrogen and oxygen atoms in total. The molecule has 1 amide bonds. The minimum Gasteiger partial charge on any atom is -0.472 e. The summed E-state index contributed by atoms with van der Waals surface area (Å²) in [6, 6.07) is 9.54. The first-order chi connectivity index (χ1) is 8.77. The Morgan fingerprint density at radius 1 is 1.33 bits per heavy atom. The van der Waals surface area contributed by atoms with Crippen molar-refractivity contribution in [1.82, 2.24) is 4.90 Å². The zero-order valence-electron chi connectivity index (χ0n) is 9.74. The van der Waals surface area contributed by atoms with Gasteiger partial charge in [0.1, 0.15) is 0 Å². The fourth-order valence-corrected chi connectivity index (χ4v) is 2.56. The molecule has 18 heavy (non-hydrogen) atoms. The average Bonchev–Trinajstić information content (AvgIpc) is 2.90. The first kappa shape index (κ1) is 10.9. The van der Waals surface area contributed by atoms with E-state index in [4.69, 9.17) is 4.42 Å². The monoisotopic (exact) mass is 243 g/mol. The van der Waals surface area contributed by atoms with Crippen LogP contribution in [0.15, 0.2) is 47.3 Å². The first-order valence-electron chi connectivity index (χ1n) is 5.87. The van der Waals surface area contributed by atoms with Gasteiger partial charge in [-0.2, -0.15) is 0 Å². The van der Waals surface area contributed by atoms with E-state index in [0.717, 1.165) is 17.5 Å². The predicted octanol–water partition coefficient (Wildman–Crippen LogP) is 2.91. The van der Waals surface area contributed by atoms with Gasteiger partial charge in [-0.15, -0.1) is 0 Å². The van der Waals surface area contributed by atoms with Crippen molar-refractivity contribution in [2.75, 3.05) is 6.54 Å². The van der Waals surface area contributed by atoms with Crippen molar-refractivity contribution in [3.63, 3.8) is 0 Å². The van der Waals surface area contributed by atoms with E-state index in [-0.39, 0.29) is 6.04 Å². The largest absolute Gasteiger partial charge is 0.472 e. The van der Waals surface area contributed by atoms with Crippen LogP contribution in [0.2, 0.25) is 0 Å². The number of hydrogen-bond acceptors (Lipinski definition) is 2. The number of carboxylic acid groups (broad SMARTS) is 1. The lowest BCUT2D eigenvalue weighted by Crippen LogP contribution is -2.39. The third-order valence-corrected chi connectivity index (χ3v) is 3.39. The molecule has 0 aliphatic carbocycles. The lowest BCUT2D eigenvalue weighted by Gasteiger charge is -2.34. The first-order valence-corrected chi connectivity index (χ1v) is 5.87. The maximum absolute atomic E-state index is 11.4. The molecule has 1 aromatic carbocycles. The van der Waals surface area contributed by atoms with Gasteiger partial charge < -0.3 is 9.52 Å². The van der Waals surface area contributed by atoms with Crippen molar-refractivity contribution in [3.8, 4) is 0 Å². The van der Waals surface area contributed by atoms with Gasteiger partial charge >= 0.3 is 6.09 Å². The number of hydrogen-bond donors (Lipinski definition) is 1. The molecule has 2 aromatic rings. The standard InChI is InChI=1S/C14H13NO3/c16-14(17)15-7-5-10-3-1-2-4-12(10)13(15)11-6-8-18-9-11/h1-4,6,8-9,13H,5,7H2,(H,16,17). The van der Waals surface area contributed by atoms with E-state index in [1.807, 2.05) is 24.3 Å². The van der Waals surface area contributed by atoms with Crippen molar-refractivity contribution >= 4 is 6.09 Å². The molecule has 92 valence electrons. The van der Waals surface area contributed by atoms with Crippen molar-refractivity contribution in [1.29, 1.82) is 0 Å². The van der Waals surface area contributed by atoms with Gasteiger partial charge in [0.05, 0.1) is 18.6 Å². The zero-order valence-corrected chi connectivity index (χ0v) is 9.74.